The molecule has 2 aromatic carbocycles. The van der Waals surface area contributed by atoms with Gasteiger partial charge < -0.3 is 9.84 Å². The van der Waals surface area contributed by atoms with Gasteiger partial charge in [-0.3, -0.25) is 4.55 Å². The number of hydrogen-bond donors (Lipinski definition) is 1. The Morgan fingerprint density at radius 2 is 1.52 bits per heavy atom. The first kappa shape index (κ1) is 26.6. The monoisotopic (exact) mass is 444 g/mol. The van der Waals surface area contributed by atoms with E-state index >= 15 is 0 Å². The maximum Gasteiger partial charge on any atom is 1.00 e. The maximum absolute atomic E-state index is 12.3. The van der Waals surface area contributed by atoms with Crippen LogP contribution in [0.5, 0.6) is 17.2 Å². The first-order valence-corrected chi connectivity index (χ1v) is 11.4. The summed E-state index contributed by atoms with van der Waals surface area (Å²) in [6.45, 7) is 2.22. The Labute approximate surface area is 217 Å². The third kappa shape index (κ3) is 9.96. The topological polar surface area (TPSA) is 86.7 Å². The largest absolute Gasteiger partial charge is 1.00 e. The molecule has 154 valence electrons. The van der Waals surface area contributed by atoms with Crippen LogP contribution in [0.2, 0.25) is 0 Å². The molecule has 0 spiro atoms. The quantitative estimate of drug-likeness (QED) is 0.309. The van der Waals surface area contributed by atoms with E-state index in [1.54, 1.807) is 18.2 Å². The molecule has 0 aliphatic carbocycles. The van der Waals surface area contributed by atoms with Gasteiger partial charge >= 0.3 is 51.4 Å². The van der Waals surface area contributed by atoms with Gasteiger partial charge in [0.15, 0.2) is 0 Å². The number of aryl methyl sites for hydroxylation is 1. The van der Waals surface area contributed by atoms with Crippen LogP contribution in [-0.4, -0.2) is 13.0 Å². The summed E-state index contributed by atoms with van der Waals surface area (Å²) >= 11 is 0. The minimum atomic E-state index is -4.30. The standard InChI is InChI=1S/C22H30O5S.K/c1-2-3-4-5-6-7-8-9-11-18-14-15-20(17-22(18)23)27-19-12-10-13-21(16-19)28(24,25)26;/h10,12-17,23H,2-9,11H2,1H3,(H,24,25,26);/q;+1/p-1. The van der Waals surface area contributed by atoms with Crippen molar-refractivity contribution >= 4 is 10.1 Å². The molecular formula is C22H29KO5S. The molecule has 1 N–H and O–H groups in total. The van der Waals surface area contributed by atoms with Crippen molar-refractivity contribution in [1.29, 1.82) is 0 Å². The van der Waals surface area contributed by atoms with Gasteiger partial charge in [0.1, 0.15) is 11.5 Å². The summed E-state index contributed by atoms with van der Waals surface area (Å²) in [7, 11) is -4.30. The third-order valence-electron chi connectivity index (χ3n) is 4.68. The molecule has 0 saturated heterocycles. The SMILES string of the molecule is CCCCCCCCCCc1ccc(Oc2cccc(S(=O)(=O)O)c2)cc1[O-].[K+]. The van der Waals surface area contributed by atoms with E-state index in [2.05, 4.69) is 6.92 Å². The summed E-state index contributed by atoms with van der Waals surface area (Å²) < 4.78 is 37.1. The van der Waals surface area contributed by atoms with Gasteiger partial charge in [0.2, 0.25) is 0 Å². The predicted molar refractivity (Wildman–Crippen MR) is 109 cm³/mol. The van der Waals surface area contributed by atoms with Crippen molar-refractivity contribution in [3.63, 3.8) is 0 Å². The maximum atomic E-state index is 12.3. The van der Waals surface area contributed by atoms with Crippen LogP contribution in [0.15, 0.2) is 47.4 Å². The summed E-state index contributed by atoms with van der Waals surface area (Å²) in [5.74, 6) is 0.508. The molecule has 0 unspecified atom stereocenters. The summed E-state index contributed by atoms with van der Waals surface area (Å²) in [5.41, 5.74) is 0.769. The first-order valence-electron chi connectivity index (χ1n) is 9.95. The van der Waals surface area contributed by atoms with Crippen LogP contribution in [0, 0.1) is 0 Å². The molecule has 0 atom stereocenters. The zero-order valence-electron chi connectivity index (χ0n) is 17.4. The molecule has 0 aliphatic heterocycles. The number of unbranched alkanes of at least 4 members (excludes halogenated alkanes) is 7. The molecule has 2 aromatic rings. The molecule has 2 rings (SSSR count). The van der Waals surface area contributed by atoms with Crippen molar-refractivity contribution < 1.29 is 74.2 Å². The average Bonchev–Trinajstić information content (AvgIpc) is 2.65. The van der Waals surface area contributed by atoms with Gasteiger partial charge in [-0.1, -0.05) is 69.6 Å². The fourth-order valence-electron chi connectivity index (χ4n) is 3.09. The Hall–Kier alpha value is -0.414. The normalized spacial score (nSPS) is 11.1. The van der Waals surface area contributed by atoms with E-state index in [-0.39, 0.29) is 67.8 Å². The fourth-order valence-corrected chi connectivity index (χ4v) is 3.60. The minimum absolute atomic E-state index is 0. The molecule has 0 amide bonds. The zero-order chi connectivity index (χ0) is 20.4. The Kier molecular flexibility index (Phi) is 12.7. The number of hydrogen-bond acceptors (Lipinski definition) is 4. The van der Waals surface area contributed by atoms with Crippen molar-refractivity contribution in [1.82, 2.24) is 0 Å². The van der Waals surface area contributed by atoms with E-state index in [9.17, 15) is 13.5 Å². The summed E-state index contributed by atoms with van der Waals surface area (Å²) in [5, 5.41) is 12.3. The van der Waals surface area contributed by atoms with Crippen molar-refractivity contribution in [3.8, 4) is 17.2 Å². The van der Waals surface area contributed by atoms with Crippen molar-refractivity contribution in [2.24, 2.45) is 0 Å². The molecule has 0 aliphatic rings. The Bertz CT molecular complexity index is 852. The third-order valence-corrected chi connectivity index (χ3v) is 5.53. The van der Waals surface area contributed by atoms with Gasteiger partial charge in [-0.2, -0.15) is 8.42 Å². The van der Waals surface area contributed by atoms with Gasteiger partial charge in [0, 0.05) is 6.07 Å². The molecule has 0 aromatic heterocycles. The molecule has 0 radical (unpaired) electrons. The average molecular weight is 445 g/mol. The number of rotatable bonds is 12. The van der Waals surface area contributed by atoms with Crippen LogP contribution in [0.1, 0.15) is 63.9 Å². The summed E-state index contributed by atoms with van der Waals surface area (Å²) in [4.78, 5) is -0.251. The van der Waals surface area contributed by atoms with Gasteiger partial charge in [-0.25, -0.2) is 0 Å². The number of ether oxygens (including phenoxy) is 1. The van der Waals surface area contributed by atoms with Gasteiger partial charge in [-0.05, 0) is 37.1 Å². The molecule has 29 heavy (non-hydrogen) atoms. The predicted octanol–water partition coefficient (Wildman–Crippen LogP) is 2.49. The number of benzene rings is 2. The molecule has 5 nitrogen and oxygen atoms in total. The van der Waals surface area contributed by atoms with E-state index in [0.29, 0.717) is 5.75 Å². The van der Waals surface area contributed by atoms with Crippen molar-refractivity contribution in [2.75, 3.05) is 0 Å². The van der Waals surface area contributed by atoms with E-state index in [0.717, 1.165) is 24.8 Å². The van der Waals surface area contributed by atoms with Crippen molar-refractivity contribution in [3.05, 3.63) is 48.0 Å². The van der Waals surface area contributed by atoms with Gasteiger partial charge in [0.05, 0.1) is 4.90 Å². The second-order valence-corrected chi connectivity index (χ2v) is 8.47. The Balaban J connectivity index is 0.00000420. The van der Waals surface area contributed by atoms with E-state index in [1.807, 2.05) is 0 Å². The molecular weight excluding hydrogens is 415 g/mol. The Morgan fingerprint density at radius 1 is 0.897 bits per heavy atom. The van der Waals surface area contributed by atoms with Crippen LogP contribution < -0.4 is 61.2 Å². The smallest absolute Gasteiger partial charge is 0.872 e. The van der Waals surface area contributed by atoms with Crippen LogP contribution in [-0.2, 0) is 16.5 Å². The van der Waals surface area contributed by atoms with Crippen LogP contribution >= 0.6 is 0 Å². The van der Waals surface area contributed by atoms with Crippen LogP contribution in [0.3, 0.4) is 0 Å². The molecule has 0 bridgehead atoms. The van der Waals surface area contributed by atoms with Gasteiger partial charge in [0.25, 0.3) is 10.1 Å². The summed E-state index contributed by atoms with van der Waals surface area (Å²) in [6.07, 6.45) is 10.5. The van der Waals surface area contributed by atoms with Crippen LogP contribution in [0.25, 0.3) is 0 Å². The first-order chi connectivity index (χ1) is 13.4. The fraction of sp³-hybridized carbons (Fsp3) is 0.455. The second-order valence-electron chi connectivity index (χ2n) is 7.05. The molecule has 0 saturated carbocycles. The zero-order valence-corrected chi connectivity index (χ0v) is 21.3. The van der Waals surface area contributed by atoms with E-state index < -0.39 is 10.1 Å². The van der Waals surface area contributed by atoms with Crippen molar-refractivity contribution in [2.45, 2.75) is 69.6 Å². The van der Waals surface area contributed by atoms with Crippen LogP contribution in [0.4, 0.5) is 0 Å². The second kappa shape index (κ2) is 13.8. The molecule has 0 fully saturated rings. The Morgan fingerprint density at radius 3 is 2.14 bits per heavy atom. The van der Waals surface area contributed by atoms with E-state index in [1.165, 1.54) is 62.8 Å². The minimum Gasteiger partial charge on any atom is -0.872 e. The van der Waals surface area contributed by atoms with E-state index in [4.69, 9.17) is 9.29 Å². The molecule has 7 heteroatoms. The summed E-state index contributed by atoms with van der Waals surface area (Å²) in [6, 6.07) is 10.4. The van der Waals surface area contributed by atoms with Gasteiger partial charge in [-0.15, -0.1) is 5.75 Å². The molecule has 0 heterocycles.